The molecule has 4 rings (SSSR count). The number of epoxide rings is 2. The van der Waals surface area contributed by atoms with Gasteiger partial charge in [-0.05, 0) is 25.7 Å². The predicted octanol–water partition coefficient (Wildman–Crippen LogP) is 2.66. The van der Waals surface area contributed by atoms with Gasteiger partial charge in [0.2, 0.25) is 0 Å². The van der Waals surface area contributed by atoms with E-state index in [0.29, 0.717) is 24.4 Å². The van der Waals surface area contributed by atoms with E-state index < -0.39 is 0 Å². The van der Waals surface area contributed by atoms with Gasteiger partial charge in [0.15, 0.2) is 0 Å². The molecule has 0 N–H and O–H groups in total. The second-order valence-electron chi connectivity index (χ2n) is 4.99. The summed E-state index contributed by atoms with van der Waals surface area (Å²) in [6.07, 6.45) is 13.8. The van der Waals surface area contributed by atoms with Crippen molar-refractivity contribution in [3.8, 4) is 0 Å². The van der Waals surface area contributed by atoms with Crippen molar-refractivity contribution in [2.24, 2.45) is 0 Å². The van der Waals surface area contributed by atoms with Crippen LogP contribution < -0.4 is 0 Å². The van der Waals surface area contributed by atoms with Crippen LogP contribution in [0, 0.1) is 0 Å². The number of hydrogen-bond acceptors (Lipinski definition) is 2. The normalized spacial score (nSPS) is 48.0. The molecule has 2 nitrogen and oxygen atoms in total. The number of rotatable bonds is 0. The molecule has 4 unspecified atom stereocenters. The van der Waals surface area contributed by atoms with Crippen LogP contribution >= 0.6 is 0 Å². The Labute approximate surface area is 86.0 Å². The topological polar surface area (TPSA) is 25.1 Å². The molecule has 2 heteroatoms. The third-order valence-electron chi connectivity index (χ3n) is 3.83. The summed E-state index contributed by atoms with van der Waals surface area (Å²) in [4.78, 5) is 0. The monoisotopic (exact) mass is 196 g/mol. The van der Waals surface area contributed by atoms with Crippen molar-refractivity contribution in [2.75, 3.05) is 0 Å². The van der Waals surface area contributed by atoms with Gasteiger partial charge in [-0.15, -0.1) is 0 Å². The van der Waals surface area contributed by atoms with E-state index in [2.05, 4.69) is 0 Å². The van der Waals surface area contributed by atoms with Crippen molar-refractivity contribution in [3.05, 3.63) is 0 Å². The third-order valence-corrected chi connectivity index (χ3v) is 3.83. The van der Waals surface area contributed by atoms with Crippen molar-refractivity contribution >= 4 is 0 Å². The molecule has 2 saturated heterocycles. The Bertz CT molecular complexity index is 162. The van der Waals surface area contributed by atoms with E-state index in [4.69, 9.17) is 9.47 Å². The molecular formula is C12H20O2. The molecule has 14 heavy (non-hydrogen) atoms. The summed E-state index contributed by atoms with van der Waals surface area (Å²) in [7, 11) is 0. The van der Waals surface area contributed by atoms with Gasteiger partial charge in [0.25, 0.3) is 0 Å². The first-order chi connectivity index (χ1) is 6.93. The Morgan fingerprint density at radius 2 is 0.786 bits per heavy atom. The van der Waals surface area contributed by atoms with E-state index in [-0.39, 0.29) is 0 Å². The van der Waals surface area contributed by atoms with Crippen molar-refractivity contribution in [1.29, 1.82) is 0 Å². The molecule has 4 atom stereocenters. The second-order valence-corrected chi connectivity index (χ2v) is 4.99. The maximum Gasteiger partial charge on any atom is 0.0841 e. The van der Waals surface area contributed by atoms with E-state index >= 15 is 0 Å². The molecule has 0 aromatic heterocycles. The van der Waals surface area contributed by atoms with Gasteiger partial charge in [0.05, 0.1) is 24.4 Å². The summed E-state index contributed by atoms with van der Waals surface area (Å²) in [6.45, 7) is 0. The highest BCUT2D eigenvalue weighted by molar-refractivity contribution is 4.88. The Balaban J connectivity index is 0.0000000914. The molecule has 4 aliphatic rings. The Kier molecular flexibility index (Phi) is 2.50. The van der Waals surface area contributed by atoms with Crippen molar-refractivity contribution in [2.45, 2.75) is 75.8 Å². The zero-order valence-corrected chi connectivity index (χ0v) is 8.78. The van der Waals surface area contributed by atoms with E-state index in [1.807, 2.05) is 0 Å². The molecule has 2 aliphatic carbocycles. The minimum atomic E-state index is 0.703. The molecule has 0 spiro atoms. The van der Waals surface area contributed by atoms with Gasteiger partial charge in [-0.1, -0.05) is 25.7 Å². The maximum atomic E-state index is 5.28. The van der Waals surface area contributed by atoms with Crippen LogP contribution in [-0.2, 0) is 9.47 Å². The summed E-state index contributed by atoms with van der Waals surface area (Å²) >= 11 is 0. The fourth-order valence-electron chi connectivity index (χ4n) is 2.76. The van der Waals surface area contributed by atoms with Gasteiger partial charge in [0.1, 0.15) is 0 Å². The highest BCUT2D eigenvalue weighted by atomic mass is 16.6. The summed E-state index contributed by atoms with van der Waals surface area (Å²) in [5.74, 6) is 0. The fraction of sp³-hybridized carbons (Fsp3) is 1.00. The minimum absolute atomic E-state index is 0.703. The van der Waals surface area contributed by atoms with Gasteiger partial charge >= 0.3 is 0 Å². The maximum absolute atomic E-state index is 5.28. The Morgan fingerprint density at radius 3 is 1.00 bits per heavy atom. The van der Waals surface area contributed by atoms with Crippen LogP contribution in [0.3, 0.4) is 0 Å². The van der Waals surface area contributed by atoms with Crippen LogP contribution in [-0.4, -0.2) is 24.4 Å². The average molecular weight is 196 g/mol. The molecule has 2 aliphatic heterocycles. The van der Waals surface area contributed by atoms with Gasteiger partial charge in [-0.25, -0.2) is 0 Å². The average Bonchev–Trinajstić information content (AvgIpc) is 3.13. The highest BCUT2D eigenvalue weighted by Crippen LogP contribution is 2.36. The molecular weight excluding hydrogens is 176 g/mol. The molecule has 0 radical (unpaired) electrons. The molecule has 2 heterocycles. The fourth-order valence-corrected chi connectivity index (χ4v) is 2.76. The van der Waals surface area contributed by atoms with Crippen LogP contribution in [0.25, 0.3) is 0 Å². The van der Waals surface area contributed by atoms with E-state index in [0.717, 1.165) is 0 Å². The van der Waals surface area contributed by atoms with E-state index in [9.17, 15) is 0 Å². The lowest BCUT2D eigenvalue weighted by Crippen LogP contribution is -2.00. The number of ether oxygens (including phenoxy) is 2. The zero-order valence-electron chi connectivity index (χ0n) is 8.78. The van der Waals surface area contributed by atoms with E-state index in [1.165, 1.54) is 51.4 Å². The van der Waals surface area contributed by atoms with Gasteiger partial charge < -0.3 is 9.47 Å². The summed E-state index contributed by atoms with van der Waals surface area (Å²) in [5, 5.41) is 0. The molecule has 80 valence electrons. The SMILES string of the molecule is C1CCC2OC2C1.C1CCC2OC2C1. The molecule has 2 saturated carbocycles. The van der Waals surface area contributed by atoms with Crippen LogP contribution in [0.2, 0.25) is 0 Å². The first-order valence-corrected chi connectivity index (χ1v) is 6.24. The Morgan fingerprint density at radius 1 is 0.500 bits per heavy atom. The van der Waals surface area contributed by atoms with Crippen LogP contribution in [0.1, 0.15) is 51.4 Å². The highest BCUT2D eigenvalue weighted by Gasteiger charge is 2.40. The van der Waals surface area contributed by atoms with Gasteiger partial charge in [0, 0.05) is 0 Å². The summed E-state index contributed by atoms with van der Waals surface area (Å²) in [6, 6.07) is 0. The Hall–Kier alpha value is -0.0800. The van der Waals surface area contributed by atoms with Crippen molar-refractivity contribution in [1.82, 2.24) is 0 Å². The van der Waals surface area contributed by atoms with Gasteiger partial charge in [-0.2, -0.15) is 0 Å². The van der Waals surface area contributed by atoms with Crippen LogP contribution in [0.5, 0.6) is 0 Å². The lowest BCUT2D eigenvalue weighted by atomic mass is 10.0. The first kappa shape index (κ1) is 9.17. The zero-order chi connectivity index (χ0) is 9.38. The molecule has 0 amide bonds. The lowest BCUT2D eigenvalue weighted by molar-refractivity contribution is 0.372. The summed E-state index contributed by atoms with van der Waals surface area (Å²) < 4.78 is 10.6. The third kappa shape index (κ3) is 2.12. The smallest absolute Gasteiger partial charge is 0.0841 e. The second kappa shape index (κ2) is 3.82. The molecule has 0 aromatic rings. The van der Waals surface area contributed by atoms with Crippen molar-refractivity contribution in [3.63, 3.8) is 0 Å². The first-order valence-electron chi connectivity index (χ1n) is 6.24. The molecule has 4 fully saturated rings. The quantitative estimate of drug-likeness (QED) is 0.556. The number of fused-ring (bicyclic) bond motifs is 2. The predicted molar refractivity (Wildman–Crippen MR) is 54.3 cm³/mol. The minimum Gasteiger partial charge on any atom is -0.370 e. The van der Waals surface area contributed by atoms with E-state index in [1.54, 1.807) is 0 Å². The lowest BCUT2D eigenvalue weighted by Gasteiger charge is -2.00. The number of hydrogen-bond donors (Lipinski definition) is 0. The largest absolute Gasteiger partial charge is 0.370 e. The van der Waals surface area contributed by atoms with Crippen molar-refractivity contribution < 1.29 is 9.47 Å². The standard InChI is InChI=1S/2C6H10O/c2*1-2-4-6-5(3-1)7-6/h2*5-6H,1-4H2. The molecule has 0 aromatic carbocycles. The molecule has 0 bridgehead atoms. The van der Waals surface area contributed by atoms with Crippen LogP contribution in [0.4, 0.5) is 0 Å². The summed E-state index contributed by atoms with van der Waals surface area (Å²) in [5.41, 5.74) is 0. The van der Waals surface area contributed by atoms with Gasteiger partial charge in [-0.3, -0.25) is 0 Å². The van der Waals surface area contributed by atoms with Crippen LogP contribution in [0.15, 0.2) is 0 Å².